The molecule has 0 fully saturated rings. The molecule has 110 valence electrons. The van der Waals surface area contributed by atoms with Crippen molar-refractivity contribution in [3.05, 3.63) is 54.4 Å². The average Bonchev–Trinajstić information content (AvgIpc) is 2.53. The molecule has 0 bridgehead atoms. The van der Waals surface area contributed by atoms with Crippen LogP contribution in [0.3, 0.4) is 0 Å². The SMILES string of the molecule is COc1ccc(N(Cc2cccnc2)C(=O)N(C)C)cc1. The number of anilines is 1. The summed E-state index contributed by atoms with van der Waals surface area (Å²) in [6, 6.07) is 11.2. The summed E-state index contributed by atoms with van der Waals surface area (Å²) < 4.78 is 5.15. The second-order valence-corrected chi connectivity index (χ2v) is 4.82. The number of benzene rings is 1. The number of rotatable bonds is 4. The van der Waals surface area contributed by atoms with E-state index in [0.29, 0.717) is 6.54 Å². The molecule has 2 amide bonds. The normalized spacial score (nSPS) is 10.0. The van der Waals surface area contributed by atoms with E-state index in [0.717, 1.165) is 17.0 Å². The first-order valence-electron chi connectivity index (χ1n) is 6.63. The monoisotopic (exact) mass is 285 g/mol. The summed E-state index contributed by atoms with van der Waals surface area (Å²) in [5, 5.41) is 0. The van der Waals surface area contributed by atoms with Crippen LogP contribution in [0, 0.1) is 0 Å². The highest BCUT2D eigenvalue weighted by atomic mass is 16.5. The van der Waals surface area contributed by atoms with Crippen molar-refractivity contribution in [2.45, 2.75) is 6.54 Å². The Morgan fingerprint density at radius 2 is 1.90 bits per heavy atom. The molecule has 2 rings (SSSR count). The molecule has 0 unspecified atom stereocenters. The maximum Gasteiger partial charge on any atom is 0.324 e. The van der Waals surface area contributed by atoms with Crippen LogP contribution in [0.1, 0.15) is 5.56 Å². The van der Waals surface area contributed by atoms with E-state index < -0.39 is 0 Å². The number of carbonyl (C=O) groups excluding carboxylic acids is 1. The number of ether oxygens (including phenoxy) is 1. The maximum absolute atomic E-state index is 12.4. The van der Waals surface area contributed by atoms with Gasteiger partial charge in [-0.2, -0.15) is 0 Å². The molecule has 5 nitrogen and oxygen atoms in total. The smallest absolute Gasteiger partial charge is 0.324 e. The molecular weight excluding hydrogens is 266 g/mol. The molecule has 21 heavy (non-hydrogen) atoms. The lowest BCUT2D eigenvalue weighted by atomic mass is 10.2. The molecule has 0 aliphatic heterocycles. The number of hydrogen-bond acceptors (Lipinski definition) is 3. The van der Waals surface area contributed by atoms with Crippen molar-refractivity contribution in [1.82, 2.24) is 9.88 Å². The van der Waals surface area contributed by atoms with E-state index in [4.69, 9.17) is 4.74 Å². The summed E-state index contributed by atoms with van der Waals surface area (Å²) in [5.74, 6) is 0.761. The highest BCUT2D eigenvalue weighted by molar-refractivity contribution is 5.91. The molecule has 0 radical (unpaired) electrons. The fraction of sp³-hybridized carbons (Fsp3) is 0.250. The van der Waals surface area contributed by atoms with Crippen molar-refractivity contribution >= 4 is 11.7 Å². The number of aromatic nitrogens is 1. The number of hydrogen-bond donors (Lipinski definition) is 0. The molecule has 2 aromatic rings. The van der Waals surface area contributed by atoms with Gasteiger partial charge in [-0.25, -0.2) is 4.79 Å². The zero-order valence-electron chi connectivity index (χ0n) is 12.5. The highest BCUT2D eigenvalue weighted by Gasteiger charge is 2.18. The van der Waals surface area contributed by atoms with Gasteiger partial charge in [0.25, 0.3) is 0 Å². The second kappa shape index (κ2) is 6.74. The number of urea groups is 1. The molecule has 0 N–H and O–H groups in total. The maximum atomic E-state index is 12.4. The first-order valence-corrected chi connectivity index (χ1v) is 6.63. The molecule has 0 aliphatic carbocycles. The van der Waals surface area contributed by atoms with Gasteiger partial charge in [-0.1, -0.05) is 6.07 Å². The van der Waals surface area contributed by atoms with Crippen LogP contribution in [0.2, 0.25) is 0 Å². The molecule has 5 heteroatoms. The quantitative estimate of drug-likeness (QED) is 0.867. The van der Waals surface area contributed by atoms with Crippen LogP contribution in [-0.2, 0) is 6.54 Å². The Bertz CT molecular complexity index is 582. The summed E-state index contributed by atoms with van der Waals surface area (Å²) in [6.45, 7) is 0.469. The molecule has 0 saturated heterocycles. The zero-order chi connectivity index (χ0) is 15.2. The third-order valence-corrected chi connectivity index (χ3v) is 3.06. The van der Waals surface area contributed by atoms with Crippen molar-refractivity contribution in [3.63, 3.8) is 0 Å². The van der Waals surface area contributed by atoms with Crippen LogP contribution in [0.5, 0.6) is 5.75 Å². The first-order chi connectivity index (χ1) is 10.1. The third kappa shape index (κ3) is 3.72. The van der Waals surface area contributed by atoms with Crippen molar-refractivity contribution in [1.29, 1.82) is 0 Å². The Balaban J connectivity index is 2.29. The summed E-state index contributed by atoms with van der Waals surface area (Å²) in [4.78, 5) is 19.8. The standard InChI is InChI=1S/C16H19N3O2/c1-18(2)16(20)19(12-13-5-4-10-17-11-13)14-6-8-15(21-3)9-7-14/h4-11H,12H2,1-3H3. The van der Waals surface area contributed by atoms with Crippen molar-refractivity contribution in [2.75, 3.05) is 26.1 Å². The summed E-state index contributed by atoms with van der Waals surface area (Å²) in [6.07, 6.45) is 3.48. The molecule has 0 saturated carbocycles. The number of amides is 2. The number of nitrogens with zero attached hydrogens (tertiary/aromatic N) is 3. The van der Waals surface area contributed by atoms with Gasteiger partial charge in [0.2, 0.25) is 0 Å². The summed E-state index contributed by atoms with van der Waals surface area (Å²) >= 11 is 0. The van der Waals surface area contributed by atoms with E-state index in [9.17, 15) is 4.79 Å². The van der Waals surface area contributed by atoms with Gasteiger partial charge in [-0.15, -0.1) is 0 Å². The predicted molar refractivity (Wildman–Crippen MR) is 82.5 cm³/mol. The zero-order valence-corrected chi connectivity index (χ0v) is 12.5. The van der Waals surface area contributed by atoms with E-state index in [-0.39, 0.29) is 6.03 Å². The van der Waals surface area contributed by atoms with Crippen LogP contribution in [-0.4, -0.2) is 37.1 Å². The van der Waals surface area contributed by atoms with Crippen LogP contribution in [0.4, 0.5) is 10.5 Å². The van der Waals surface area contributed by atoms with E-state index in [1.807, 2.05) is 36.4 Å². The van der Waals surface area contributed by atoms with Crippen LogP contribution < -0.4 is 9.64 Å². The Morgan fingerprint density at radius 3 is 2.43 bits per heavy atom. The fourth-order valence-electron chi connectivity index (χ4n) is 1.95. The van der Waals surface area contributed by atoms with Gasteiger partial charge >= 0.3 is 6.03 Å². The van der Waals surface area contributed by atoms with Crippen molar-refractivity contribution in [2.24, 2.45) is 0 Å². The lowest BCUT2D eigenvalue weighted by Gasteiger charge is -2.26. The average molecular weight is 285 g/mol. The Labute approximate surface area is 124 Å². The Hall–Kier alpha value is -2.56. The van der Waals surface area contributed by atoms with E-state index in [2.05, 4.69) is 4.98 Å². The van der Waals surface area contributed by atoms with E-state index >= 15 is 0 Å². The Kier molecular flexibility index (Phi) is 4.77. The van der Waals surface area contributed by atoms with Gasteiger partial charge in [0.15, 0.2) is 0 Å². The minimum Gasteiger partial charge on any atom is -0.497 e. The van der Waals surface area contributed by atoms with Gasteiger partial charge in [-0.3, -0.25) is 9.88 Å². The molecule has 1 aromatic carbocycles. The molecule has 0 aliphatic rings. The minimum absolute atomic E-state index is 0.0796. The van der Waals surface area contributed by atoms with Gasteiger partial charge in [0.05, 0.1) is 13.7 Å². The molecule has 1 aromatic heterocycles. The van der Waals surface area contributed by atoms with Gasteiger partial charge in [0, 0.05) is 32.2 Å². The summed E-state index contributed by atoms with van der Waals surface area (Å²) in [7, 11) is 5.09. The number of methoxy groups -OCH3 is 1. The van der Waals surface area contributed by atoms with Crippen LogP contribution >= 0.6 is 0 Å². The number of carbonyl (C=O) groups is 1. The Morgan fingerprint density at radius 1 is 1.19 bits per heavy atom. The van der Waals surface area contributed by atoms with Gasteiger partial charge in [0.1, 0.15) is 5.75 Å². The summed E-state index contributed by atoms with van der Waals surface area (Å²) in [5.41, 5.74) is 1.79. The van der Waals surface area contributed by atoms with Gasteiger partial charge in [-0.05, 0) is 35.9 Å². The fourth-order valence-corrected chi connectivity index (χ4v) is 1.95. The van der Waals surface area contributed by atoms with Gasteiger partial charge < -0.3 is 9.64 Å². The molecule has 0 atom stereocenters. The van der Waals surface area contributed by atoms with E-state index in [1.165, 1.54) is 0 Å². The molecular formula is C16H19N3O2. The van der Waals surface area contributed by atoms with Crippen molar-refractivity contribution < 1.29 is 9.53 Å². The third-order valence-electron chi connectivity index (χ3n) is 3.06. The largest absolute Gasteiger partial charge is 0.497 e. The van der Waals surface area contributed by atoms with Crippen LogP contribution in [0.25, 0.3) is 0 Å². The lowest BCUT2D eigenvalue weighted by molar-refractivity contribution is 0.223. The molecule has 1 heterocycles. The first kappa shape index (κ1) is 14.8. The second-order valence-electron chi connectivity index (χ2n) is 4.82. The minimum atomic E-state index is -0.0796. The molecule has 0 spiro atoms. The predicted octanol–water partition coefficient (Wildman–Crippen LogP) is 2.78. The number of pyridine rings is 1. The lowest BCUT2D eigenvalue weighted by Crippen LogP contribution is -2.38. The highest BCUT2D eigenvalue weighted by Crippen LogP contribution is 2.22. The van der Waals surface area contributed by atoms with Crippen LogP contribution in [0.15, 0.2) is 48.8 Å². The topological polar surface area (TPSA) is 45.7 Å². The van der Waals surface area contributed by atoms with Crippen molar-refractivity contribution in [3.8, 4) is 5.75 Å². The van der Waals surface area contributed by atoms with E-state index in [1.54, 1.807) is 43.4 Å².